The normalized spacial score (nSPS) is 9.95. The van der Waals surface area contributed by atoms with E-state index in [1.807, 2.05) is 12.1 Å². The van der Waals surface area contributed by atoms with Crippen molar-refractivity contribution in [2.24, 2.45) is 0 Å². The number of hydrogen-bond donors (Lipinski definition) is 0. The second-order valence-electron chi connectivity index (χ2n) is 4.37. The van der Waals surface area contributed by atoms with Crippen molar-refractivity contribution in [3.05, 3.63) is 63.6 Å². The first kappa shape index (κ1) is 14.5. The molecule has 21 heavy (non-hydrogen) atoms. The first-order chi connectivity index (χ1) is 10.1. The van der Waals surface area contributed by atoms with Crippen LogP contribution < -0.4 is 5.56 Å². The Morgan fingerprint density at radius 2 is 2.00 bits per heavy atom. The molecule has 0 saturated heterocycles. The van der Waals surface area contributed by atoms with E-state index in [2.05, 4.69) is 0 Å². The van der Waals surface area contributed by atoms with Crippen molar-refractivity contribution in [3.8, 4) is 11.8 Å². The monoisotopic (exact) mass is 282 g/mol. The van der Waals surface area contributed by atoms with Crippen molar-refractivity contribution in [1.82, 2.24) is 4.57 Å². The maximum absolute atomic E-state index is 12.5. The number of benzene rings is 1. The first-order valence-corrected chi connectivity index (χ1v) is 6.49. The lowest BCUT2D eigenvalue weighted by atomic mass is 10.1. The van der Waals surface area contributed by atoms with Gasteiger partial charge in [-0.3, -0.25) is 9.36 Å². The predicted molar refractivity (Wildman–Crippen MR) is 77.4 cm³/mol. The molecule has 1 aromatic heterocycles. The van der Waals surface area contributed by atoms with Crippen LogP contribution >= 0.6 is 0 Å². The fourth-order valence-electron chi connectivity index (χ4n) is 2.06. The van der Waals surface area contributed by atoms with E-state index in [0.29, 0.717) is 11.4 Å². The number of nitriles is 1. The van der Waals surface area contributed by atoms with Crippen LogP contribution in [0.25, 0.3) is 5.69 Å². The molecule has 0 N–H and O–H groups in total. The molecule has 0 fully saturated rings. The van der Waals surface area contributed by atoms with Gasteiger partial charge in [0.15, 0.2) is 0 Å². The number of carbonyl (C=O) groups excluding carboxylic acids is 1. The summed E-state index contributed by atoms with van der Waals surface area (Å²) in [5.41, 5.74) is 0.727. The molecule has 106 valence electrons. The minimum Gasteiger partial charge on any atom is -0.462 e. The lowest BCUT2D eigenvalue weighted by Crippen LogP contribution is -2.28. The van der Waals surface area contributed by atoms with Crippen LogP contribution in [0.1, 0.15) is 28.5 Å². The Bertz CT molecular complexity index is 771. The van der Waals surface area contributed by atoms with Crippen LogP contribution in [0.15, 0.2) is 41.2 Å². The standard InChI is InChI=1S/C16H14N2O3/c1-3-21-16(20)14-9-12(10-17)11(2)18(15(14)19)13-7-5-4-6-8-13/h4-9H,3H2,1-2H3. The van der Waals surface area contributed by atoms with E-state index in [4.69, 9.17) is 4.74 Å². The van der Waals surface area contributed by atoms with E-state index in [0.717, 1.165) is 0 Å². The molecule has 0 aliphatic heterocycles. The zero-order chi connectivity index (χ0) is 15.4. The number of pyridine rings is 1. The summed E-state index contributed by atoms with van der Waals surface area (Å²) in [7, 11) is 0. The Hall–Kier alpha value is -2.87. The number of aromatic nitrogens is 1. The number of nitrogens with zero attached hydrogens (tertiary/aromatic N) is 2. The molecule has 0 atom stereocenters. The summed E-state index contributed by atoms with van der Waals surface area (Å²) in [6.07, 6.45) is 0. The van der Waals surface area contributed by atoms with Gasteiger partial charge < -0.3 is 4.74 Å². The number of hydrogen-bond acceptors (Lipinski definition) is 4. The Morgan fingerprint density at radius 1 is 1.33 bits per heavy atom. The first-order valence-electron chi connectivity index (χ1n) is 6.49. The van der Waals surface area contributed by atoms with E-state index in [-0.39, 0.29) is 17.7 Å². The zero-order valence-corrected chi connectivity index (χ0v) is 11.8. The summed E-state index contributed by atoms with van der Waals surface area (Å²) in [5.74, 6) is -0.719. The summed E-state index contributed by atoms with van der Waals surface area (Å²) in [4.78, 5) is 24.4. The summed E-state index contributed by atoms with van der Waals surface area (Å²) >= 11 is 0. The molecule has 0 spiro atoms. The van der Waals surface area contributed by atoms with Gasteiger partial charge in [0.1, 0.15) is 11.6 Å². The van der Waals surface area contributed by atoms with Gasteiger partial charge in [0.25, 0.3) is 5.56 Å². The van der Waals surface area contributed by atoms with Gasteiger partial charge in [-0.25, -0.2) is 4.79 Å². The zero-order valence-electron chi connectivity index (χ0n) is 11.8. The van der Waals surface area contributed by atoms with Crippen molar-refractivity contribution < 1.29 is 9.53 Å². The summed E-state index contributed by atoms with van der Waals surface area (Å²) < 4.78 is 6.23. The number of ether oxygens (including phenoxy) is 1. The van der Waals surface area contributed by atoms with Gasteiger partial charge in [-0.2, -0.15) is 5.26 Å². The average Bonchev–Trinajstić information content (AvgIpc) is 2.49. The number of carbonyl (C=O) groups is 1. The van der Waals surface area contributed by atoms with Gasteiger partial charge in [-0.15, -0.1) is 0 Å². The minimum absolute atomic E-state index is 0.136. The molecular weight excluding hydrogens is 268 g/mol. The highest BCUT2D eigenvalue weighted by atomic mass is 16.5. The molecular formula is C16H14N2O3. The van der Waals surface area contributed by atoms with Crippen LogP contribution in [0, 0.1) is 18.3 Å². The Labute approximate surface area is 122 Å². The fraction of sp³-hybridized carbons (Fsp3) is 0.188. The molecule has 0 bridgehead atoms. The van der Waals surface area contributed by atoms with Crippen LogP contribution in [0.3, 0.4) is 0 Å². The Kier molecular flexibility index (Phi) is 4.19. The molecule has 0 amide bonds. The van der Waals surface area contributed by atoms with E-state index < -0.39 is 11.5 Å². The number of esters is 1. The Balaban J connectivity index is 2.76. The summed E-state index contributed by atoms with van der Waals surface area (Å²) in [6, 6.07) is 12.2. The minimum atomic E-state index is -0.719. The van der Waals surface area contributed by atoms with Crippen molar-refractivity contribution in [2.45, 2.75) is 13.8 Å². The van der Waals surface area contributed by atoms with E-state index >= 15 is 0 Å². The topological polar surface area (TPSA) is 72.1 Å². The van der Waals surface area contributed by atoms with Crippen molar-refractivity contribution in [3.63, 3.8) is 0 Å². The van der Waals surface area contributed by atoms with E-state index in [1.165, 1.54) is 10.6 Å². The van der Waals surface area contributed by atoms with Crippen LogP contribution in [-0.4, -0.2) is 17.1 Å². The lowest BCUT2D eigenvalue weighted by molar-refractivity contribution is 0.0524. The summed E-state index contributed by atoms with van der Waals surface area (Å²) in [6.45, 7) is 3.49. The SMILES string of the molecule is CCOC(=O)c1cc(C#N)c(C)n(-c2ccccc2)c1=O. The average molecular weight is 282 g/mol. The highest BCUT2D eigenvalue weighted by Gasteiger charge is 2.19. The molecule has 0 radical (unpaired) electrons. The number of rotatable bonds is 3. The highest BCUT2D eigenvalue weighted by Crippen LogP contribution is 2.13. The molecule has 1 heterocycles. The molecule has 2 aromatic rings. The van der Waals surface area contributed by atoms with Crippen molar-refractivity contribution >= 4 is 5.97 Å². The molecule has 0 saturated carbocycles. The molecule has 0 aliphatic carbocycles. The van der Waals surface area contributed by atoms with Gasteiger partial charge in [0.05, 0.1) is 12.2 Å². The quantitative estimate of drug-likeness (QED) is 0.809. The fourth-order valence-corrected chi connectivity index (χ4v) is 2.06. The van der Waals surface area contributed by atoms with Gasteiger partial charge in [0.2, 0.25) is 0 Å². The third-order valence-corrected chi connectivity index (χ3v) is 3.08. The van der Waals surface area contributed by atoms with Gasteiger partial charge in [-0.05, 0) is 32.0 Å². The second-order valence-corrected chi connectivity index (χ2v) is 4.37. The van der Waals surface area contributed by atoms with Crippen LogP contribution in [0.4, 0.5) is 0 Å². The second kappa shape index (κ2) is 6.06. The maximum Gasteiger partial charge on any atom is 0.343 e. The highest BCUT2D eigenvalue weighted by molar-refractivity contribution is 5.89. The summed E-state index contributed by atoms with van der Waals surface area (Å²) in [5, 5.41) is 9.20. The van der Waals surface area contributed by atoms with Crippen LogP contribution in [0.5, 0.6) is 0 Å². The predicted octanol–water partition coefficient (Wildman–Crippen LogP) is 2.19. The van der Waals surface area contributed by atoms with Gasteiger partial charge in [-0.1, -0.05) is 18.2 Å². The largest absolute Gasteiger partial charge is 0.462 e. The van der Waals surface area contributed by atoms with Crippen LogP contribution in [0.2, 0.25) is 0 Å². The van der Waals surface area contributed by atoms with Gasteiger partial charge >= 0.3 is 5.97 Å². The van der Waals surface area contributed by atoms with E-state index in [1.54, 1.807) is 38.1 Å². The van der Waals surface area contributed by atoms with Gasteiger partial charge in [0, 0.05) is 11.4 Å². The van der Waals surface area contributed by atoms with Crippen molar-refractivity contribution in [2.75, 3.05) is 6.61 Å². The maximum atomic E-state index is 12.5. The van der Waals surface area contributed by atoms with Crippen molar-refractivity contribution in [1.29, 1.82) is 5.26 Å². The molecule has 5 heteroatoms. The molecule has 0 unspecified atom stereocenters. The smallest absolute Gasteiger partial charge is 0.343 e. The molecule has 5 nitrogen and oxygen atoms in total. The molecule has 1 aromatic carbocycles. The van der Waals surface area contributed by atoms with Crippen LogP contribution in [-0.2, 0) is 4.74 Å². The third-order valence-electron chi connectivity index (χ3n) is 3.08. The Morgan fingerprint density at radius 3 is 2.57 bits per heavy atom. The third kappa shape index (κ3) is 2.70. The molecule has 2 rings (SSSR count). The van der Waals surface area contributed by atoms with E-state index in [9.17, 15) is 14.9 Å². The molecule has 0 aliphatic rings. The number of para-hydroxylation sites is 1. The lowest BCUT2D eigenvalue weighted by Gasteiger charge is -2.13.